The van der Waals surface area contributed by atoms with Gasteiger partial charge in [0, 0.05) is 50.7 Å². The summed E-state index contributed by atoms with van der Waals surface area (Å²) in [6, 6.07) is 9.26. The van der Waals surface area contributed by atoms with Gasteiger partial charge in [-0.1, -0.05) is 18.2 Å². The smallest absolute Gasteiger partial charge is 0.321 e. The van der Waals surface area contributed by atoms with Gasteiger partial charge < -0.3 is 20.4 Å². The van der Waals surface area contributed by atoms with Gasteiger partial charge in [-0.15, -0.1) is 0 Å². The molecule has 27 heavy (non-hydrogen) atoms. The molecule has 2 aliphatic heterocycles. The Morgan fingerprint density at radius 3 is 2.48 bits per heavy atom. The van der Waals surface area contributed by atoms with Crippen LogP contribution < -0.4 is 10.6 Å². The zero-order chi connectivity index (χ0) is 19.1. The van der Waals surface area contributed by atoms with E-state index in [1.807, 2.05) is 35.2 Å². The van der Waals surface area contributed by atoms with Crippen LogP contribution in [0.2, 0.25) is 0 Å². The molecule has 146 valence electrons. The van der Waals surface area contributed by atoms with Crippen molar-refractivity contribution in [2.75, 3.05) is 38.0 Å². The molecule has 1 aromatic carbocycles. The van der Waals surface area contributed by atoms with Gasteiger partial charge in [-0.05, 0) is 37.8 Å². The first-order chi connectivity index (χ1) is 13.1. The highest BCUT2D eigenvalue weighted by atomic mass is 16.2. The van der Waals surface area contributed by atoms with Crippen molar-refractivity contribution in [3.05, 3.63) is 30.3 Å². The highest BCUT2D eigenvalue weighted by Gasteiger charge is 2.27. The molecule has 2 fully saturated rings. The first-order valence-electron chi connectivity index (χ1n) is 9.80. The number of benzene rings is 1. The van der Waals surface area contributed by atoms with Gasteiger partial charge in [0.25, 0.3) is 0 Å². The molecule has 7 heteroatoms. The Kier molecular flexibility index (Phi) is 6.68. The van der Waals surface area contributed by atoms with E-state index < -0.39 is 0 Å². The van der Waals surface area contributed by atoms with E-state index in [4.69, 9.17) is 0 Å². The lowest BCUT2D eigenvalue weighted by Gasteiger charge is -2.31. The first-order valence-corrected chi connectivity index (χ1v) is 9.80. The predicted octanol–water partition coefficient (Wildman–Crippen LogP) is 2.06. The fourth-order valence-corrected chi connectivity index (χ4v) is 3.64. The minimum absolute atomic E-state index is 0.0424. The maximum Gasteiger partial charge on any atom is 0.321 e. The van der Waals surface area contributed by atoms with Crippen molar-refractivity contribution in [3.8, 4) is 0 Å². The summed E-state index contributed by atoms with van der Waals surface area (Å²) in [7, 11) is 0. The van der Waals surface area contributed by atoms with Gasteiger partial charge in [-0.3, -0.25) is 9.59 Å². The number of hydrogen-bond acceptors (Lipinski definition) is 3. The molecule has 0 bridgehead atoms. The normalized spacial score (nSPS) is 17.9. The van der Waals surface area contributed by atoms with Crippen LogP contribution in [-0.2, 0) is 9.59 Å². The van der Waals surface area contributed by atoms with Crippen molar-refractivity contribution < 1.29 is 14.4 Å². The number of likely N-dealkylation sites (tertiary alicyclic amines) is 2. The second kappa shape index (κ2) is 9.39. The topological polar surface area (TPSA) is 81.8 Å². The van der Waals surface area contributed by atoms with E-state index in [0.29, 0.717) is 38.9 Å². The third-order valence-electron chi connectivity index (χ3n) is 5.25. The number of amides is 4. The highest BCUT2D eigenvalue weighted by molar-refractivity contribution is 5.89. The van der Waals surface area contributed by atoms with Gasteiger partial charge in [-0.2, -0.15) is 0 Å². The Hall–Kier alpha value is -2.57. The Morgan fingerprint density at radius 2 is 1.81 bits per heavy atom. The van der Waals surface area contributed by atoms with Crippen LogP contribution in [-0.4, -0.2) is 60.4 Å². The third-order valence-corrected chi connectivity index (χ3v) is 5.25. The standard InChI is InChI=1S/C20H28N4O3/c25-18-8-4-12-23(18)13-5-11-21-19(26)16-9-14-24(15-10-16)20(27)22-17-6-2-1-3-7-17/h1-3,6-7,16H,4-5,8-15H2,(H,21,26)(H,22,27). The summed E-state index contributed by atoms with van der Waals surface area (Å²) in [6.45, 7) is 3.32. The summed E-state index contributed by atoms with van der Waals surface area (Å²) in [5.41, 5.74) is 0.777. The van der Waals surface area contributed by atoms with E-state index in [9.17, 15) is 14.4 Å². The molecule has 3 rings (SSSR count). The second-order valence-corrected chi connectivity index (χ2v) is 7.19. The number of rotatable bonds is 6. The van der Waals surface area contributed by atoms with E-state index in [0.717, 1.165) is 31.6 Å². The SMILES string of the molecule is O=C(NCCCN1CCCC1=O)C1CCN(C(=O)Nc2ccccc2)CC1. The average Bonchev–Trinajstić information content (AvgIpc) is 3.11. The zero-order valence-electron chi connectivity index (χ0n) is 15.7. The van der Waals surface area contributed by atoms with Crippen molar-refractivity contribution in [3.63, 3.8) is 0 Å². The van der Waals surface area contributed by atoms with Crippen molar-refractivity contribution in [1.82, 2.24) is 15.1 Å². The van der Waals surface area contributed by atoms with Crippen LogP contribution in [0.15, 0.2) is 30.3 Å². The summed E-state index contributed by atoms with van der Waals surface area (Å²) in [5, 5.41) is 5.86. The van der Waals surface area contributed by atoms with Crippen LogP contribution in [0.3, 0.4) is 0 Å². The molecule has 0 atom stereocenters. The maximum absolute atomic E-state index is 12.3. The Bertz CT molecular complexity index is 656. The van der Waals surface area contributed by atoms with E-state index in [-0.39, 0.29) is 23.8 Å². The minimum Gasteiger partial charge on any atom is -0.356 e. The lowest BCUT2D eigenvalue weighted by molar-refractivity contribution is -0.127. The van der Waals surface area contributed by atoms with E-state index in [1.54, 1.807) is 4.90 Å². The summed E-state index contributed by atoms with van der Waals surface area (Å²) in [6.07, 6.45) is 3.75. The van der Waals surface area contributed by atoms with E-state index in [1.165, 1.54) is 0 Å². The van der Waals surface area contributed by atoms with Crippen LogP contribution in [0.25, 0.3) is 0 Å². The number of carbonyl (C=O) groups is 3. The molecular weight excluding hydrogens is 344 g/mol. The molecular formula is C20H28N4O3. The Morgan fingerprint density at radius 1 is 1.07 bits per heavy atom. The van der Waals surface area contributed by atoms with Crippen molar-refractivity contribution >= 4 is 23.5 Å². The Labute approximate surface area is 160 Å². The Balaban J connectivity index is 1.32. The summed E-state index contributed by atoms with van der Waals surface area (Å²) in [5.74, 6) is 0.243. The quantitative estimate of drug-likeness (QED) is 0.750. The van der Waals surface area contributed by atoms with Gasteiger partial charge in [0.1, 0.15) is 0 Å². The van der Waals surface area contributed by atoms with Crippen molar-refractivity contribution in [1.29, 1.82) is 0 Å². The summed E-state index contributed by atoms with van der Waals surface area (Å²) >= 11 is 0. The molecule has 2 aliphatic rings. The molecule has 0 saturated carbocycles. The fourth-order valence-electron chi connectivity index (χ4n) is 3.64. The molecule has 0 aliphatic carbocycles. The van der Waals surface area contributed by atoms with Gasteiger partial charge in [-0.25, -0.2) is 4.79 Å². The number of urea groups is 1. The summed E-state index contributed by atoms with van der Waals surface area (Å²) < 4.78 is 0. The van der Waals surface area contributed by atoms with Crippen LogP contribution in [0.4, 0.5) is 10.5 Å². The van der Waals surface area contributed by atoms with Gasteiger partial charge in [0.05, 0.1) is 0 Å². The molecule has 2 N–H and O–H groups in total. The van der Waals surface area contributed by atoms with Crippen LogP contribution in [0.5, 0.6) is 0 Å². The minimum atomic E-state index is -0.115. The maximum atomic E-state index is 12.3. The number of nitrogens with zero attached hydrogens (tertiary/aromatic N) is 2. The number of anilines is 1. The monoisotopic (exact) mass is 372 g/mol. The second-order valence-electron chi connectivity index (χ2n) is 7.19. The van der Waals surface area contributed by atoms with E-state index in [2.05, 4.69) is 10.6 Å². The van der Waals surface area contributed by atoms with Crippen molar-refractivity contribution in [2.45, 2.75) is 32.1 Å². The summed E-state index contributed by atoms with van der Waals surface area (Å²) in [4.78, 5) is 39.8. The van der Waals surface area contributed by atoms with Crippen molar-refractivity contribution in [2.24, 2.45) is 5.92 Å². The largest absolute Gasteiger partial charge is 0.356 e. The number of hydrogen-bond donors (Lipinski definition) is 2. The fraction of sp³-hybridized carbons (Fsp3) is 0.550. The molecule has 0 radical (unpaired) electrons. The molecule has 0 unspecified atom stereocenters. The van der Waals surface area contributed by atoms with Gasteiger partial charge >= 0.3 is 6.03 Å². The molecule has 1 aromatic rings. The van der Waals surface area contributed by atoms with Gasteiger partial charge in [0.2, 0.25) is 11.8 Å². The zero-order valence-corrected chi connectivity index (χ0v) is 15.7. The lowest BCUT2D eigenvalue weighted by Crippen LogP contribution is -2.44. The highest BCUT2D eigenvalue weighted by Crippen LogP contribution is 2.18. The van der Waals surface area contributed by atoms with E-state index >= 15 is 0 Å². The predicted molar refractivity (Wildman–Crippen MR) is 103 cm³/mol. The first kappa shape index (κ1) is 19.2. The molecule has 2 saturated heterocycles. The molecule has 2 heterocycles. The molecule has 0 spiro atoms. The average molecular weight is 372 g/mol. The van der Waals surface area contributed by atoms with Gasteiger partial charge in [0.15, 0.2) is 0 Å². The number of carbonyl (C=O) groups excluding carboxylic acids is 3. The van der Waals surface area contributed by atoms with Crippen LogP contribution >= 0.6 is 0 Å². The van der Waals surface area contributed by atoms with Crippen LogP contribution in [0.1, 0.15) is 32.1 Å². The number of piperidine rings is 1. The number of para-hydroxylation sites is 1. The molecule has 4 amide bonds. The lowest BCUT2D eigenvalue weighted by atomic mass is 9.96. The molecule has 7 nitrogen and oxygen atoms in total. The third kappa shape index (κ3) is 5.45. The van der Waals surface area contributed by atoms with Crippen LogP contribution in [0, 0.1) is 5.92 Å². The molecule has 0 aromatic heterocycles. The number of nitrogens with one attached hydrogen (secondary N) is 2.